The third kappa shape index (κ3) is 3.55. The molecule has 3 aromatic rings. The molecule has 2 aliphatic heterocycles. The van der Waals surface area contributed by atoms with Crippen molar-refractivity contribution in [3.63, 3.8) is 0 Å². The number of allylic oxidation sites excluding steroid dienone is 4. The van der Waals surface area contributed by atoms with Crippen LogP contribution >= 0.6 is 0 Å². The van der Waals surface area contributed by atoms with E-state index in [1.807, 2.05) is 6.20 Å². The average molecular weight is 424 g/mol. The van der Waals surface area contributed by atoms with Gasteiger partial charge < -0.3 is 9.42 Å². The lowest BCUT2D eigenvalue weighted by atomic mass is 9.96. The molecule has 160 valence electrons. The van der Waals surface area contributed by atoms with Gasteiger partial charge in [0.2, 0.25) is 11.7 Å². The Hall–Kier alpha value is -3.54. The molecule has 0 atom stereocenters. The van der Waals surface area contributed by atoms with Crippen LogP contribution in [0.25, 0.3) is 5.57 Å². The van der Waals surface area contributed by atoms with Crippen LogP contribution in [0.2, 0.25) is 0 Å². The molecular formula is C26H25N5O. The smallest absolute Gasteiger partial charge is 0.230 e. The molecule has 0 bridgehead atoms. The first-order valence-electron chi connectivity index (χ1n) is 11.4. The molecule has 1 aromatic carbocycles. The van der Waals surface area contributed by atoms with Gasteiger partial charge in [0.05, 0.1) is 12.3 Å². The standard InChI is InChI=1S/C26H25N5O/c1-2-6-18(7-3-1)25-29-26(32-30-25)19-11-14-31(15-12-19)23-16-20(10-13-27-23)24-22-9-5-4-8-21(22)17-28-24/h2,4-10,13,16,19H,1,3,11-12,14-15,17H2. The zero-order valence-electron chi connectivity index (χ0n) is 17.9. The first-order chi connectivity index (χ1) is 15.8. The monoisotopic (exact) mass is 423 g/mol. The summed E-state index contributed by atoms with van der Waals surface area (Å²) in [4.78, 5) is 16.5. The second-order valence-electron chi connectivity index (χ2n) is 8.58. The van der Waals surface area contributed by atoms with Gasteiger partial charge in [-0.2, -0.15) is 4.98 Å². The van der Waals surface area contributed by atoms with Gasteiger partial charge in [-0.15, -0.1) is 0 Å². The van der Waals surface area contributed by atoms with Gasteiger partial charge in [0, 0.05) is 41.9 Å². The number of piperidine rings is 1. The van der Waals surface area contributed by atoms with Gasteiger partial charge in [-0.25, -0.2) is 4.98 Å². The topological polar surface area (TPSA) is 67.4 Å². The zero-order valence-corrected chi connectivity index (χ0v) is 17.9. The Bertz CT molecular complexity index is 1230. The van der Waals surface area contributed by atoms with Gasteiger partial charge in [0.25, 0.3) is 0 Å². The number of anilines is 1. The number of nitrogens with zero attached hydrogens (tertiary/aromatic N) is 5. The molecule has 6 nitrogen and oxygen atoms in total. The second-order valence-corrected chi connectivity index (χ2v) is 8.58. The number of aliphatic imine (C=N–C) groups is 1. The van der Waals surface area contributed by atoms with E-state index < -0.39 is 0 Å². The third-order valence-corrected chi connectivity index (χ3v) is 6.56. The quantitative estimate of drug-likeness (QED) is 0.595. The minimum absolute atomic E-state index is 0.301. The molecule has 1 saturated heterocycles. The van der Waals surface area contributed by atoms with E-state index in [1.54, 1.807) is 0 Å². The summed E-state index contributed by atoms with van der Waals surface area (Å²) >= 11 is 0. The molecule has 0 radical (unpaired) electrons. The molecule has 32 heavy (non-hydrogen) atoms. The Morgan fingerprint density at radius 2 is 1.94 bits per heavy atom. The summed E-state index contributed by atoms with van der Waals surface area (Å²) in [5.41, 5.74) is 5.81. The lowest BCUT2D eigenvalue weighted by Crippen LogP contribution is -2.33. The van der Waals surface area contributed by atoms with E-state index in [0.29, 0.717) is 11.7 Å². The SMILES string of the molecule is C1=CC(c2noc(C3CCN(c4cc(C5=NCc6ccccc65)ccn4)CC3)n2)=CCC1. The van der Waals surface area contributed by atoms with Gasteiger partial charge in [-0.3, -0.25) is 4.99 Å². The number of pyridine rings is 1. The molecule has 1 fully saturated rings. The summed E-state index contributed by atoms with van der Waals surface area (Å²) in [6.07, 6.45) is 12.4. The maximum Gasteiger partial charge on any atom is 0.230 e. The first-order valence-corrected chi connectivity index (χ1v) is 11.4. The highest BCUT2D eigenvalue weighted by Crippen LogP contribution is 2.31. The number of hydrogen-bond acceptors (Lipinski definition) is 6. The molecule has 0 amide bonds. The summed E-state index contributed by atoms with van der Waals surface area (Å²) in [6.45, 7) is 2.60. The summed E-state index contributed by atoms with van der Waals surface area (Å²) in [6, 6.07) is 12.7. The van der Waals surface area contributed by atoms with E-state index in [-0.39, 0.29) is 0 Å². The molecule has 3 aliphatic rings. The van der Waals surface area contributed by atoms with Crippen LogP contribution in [0.3, 0.4) is 0 Å². The Morgan fingerprint density at radius 1 is 1.03 bits per heavy atom. The van der Waals surface area contributed by atoms with E-state index in [1.165, 1.54) is 11.1 Å². The molecule has 1 aliphatic carbocycles. The van der Waals surface area contributed by atoms with Crippen LogP contribution in [0, 0.1) is 0 Å². The van der Waals surface area contributed by atoms with Gasteiger partial charge in [-0.1, -0.05) is 47.7 Å². The molecule has 4 heterocycles. The van der Waals surface area contributed by atoms with Crippen LogP contribution in [0.15, 0.2) is 70.3 Å². The molecule has 0 spiro atoms. The Kier molecular flexibility index (Phi) is 4.90. The maximum absolute atomic E-state index is 5.63. The van der Waals surface area contributed by atoms with Crippen molar-refractivity contribution in [2.24, 2.45) is 4.99 Å². The number of benzene rings is 1. The van der Waals surface area contributed by atoms with E-state index >= 15 is 0 Å². The molecular weight excluding hydrogens is 398 g/mol. The van der Waals surface area contributed by atoms with Crippen LogP contribution in [-0.4, -0.2) is 33.9 Å². The molecule has 0 unspecified atom stereocenters. The lowest BCUT2D eigenvalue weighted by molar-refractivity contribution is 0.328. The Morgan fingerprint density at radius 3 is 2.81 bits per heavy atom. The lowest BCUT2D eigenvalue weighted by Gasteiger charge is -2.31. The van der Waals surface area contributed by atoms with Gasteiger partial charge >= 0.3 is 0 Å². The van der Waals surface area contributed by atoms with Crippen molar-refractivity contribution in [1.29, 1.82) is 0 Å². The summed E-state index contributed by atoms with van der Waals surface area (Å²) in [5, 5.41) is 4.22. The van der Waals surface area contributed by atoms with Crippen molar-refractivity contribution in [2.45, 2.75) is 38.1 Å². The van der Waals surface area contributed by atoms with Gasteiger partial charge in [0.15, 0.2) is 0 Å². The fourth-order valence-corrected chi connectivity index (χ4v) is 4.78. The second kappa shape index (κ2) is 8.19. The van der Waals surface area contributed by atoms with Crippen LogP contribution < -0.4 is 4.90 Å². The summed E-state index contributed by atoms with van der Waals surface area (Å²) in [5.74, 6) is 2.79. The largest absolute Gasteiger partial charge is 0.357 e. The summed E-state index contributed by atoms with van der Waals surface area (Å²) in [7, 11) is 0. The molecule has 0 saturated carbocycles. The van der Waals surface area contributed by atoms with Crippen molar-refractivity contribution >= 4 is 17.1 Å². The van der Waals surface area contributed by atoms with E-state index in [4.69, 9.17) is 14.5 Å². The summed E-state index contributed by atoms with van der Waals surface area (Å²) < 4.78 is 5.63. The fraction of sp³-hybridized carbons (Fsp3) is 0.308. The number of aromatic nitrogens is 3. The number of rotatable bonds is 4. The molecule has 6 heteroatoms. The van der Waals surface area contributed by atoms with Crippen molar-refractivity contribution in [3.05, 3.63) is 89.2 Å². The highest BCUT2D eigenvalue weighted by atomic mass is 16.5. The highest BCUT2D eigenvalue weighted by molar-refractivity contribution is 6.15. The molecule has 0 N–H and O–H groups in total. The van der Waals surface area contributed by atoms with Crippen molar-refractivity contribution in [2.75, 3.05) is 18.0 Å². The van der Waals surface area contributed by atoms with Crippen LogP contribution in [0.4, 0.5) is 5.82 Å². The normalized spacial score (nSPS) is 18.4. The van der Waals surface area contributed by atoms with Crippen molar-refractivity contribution < 1.29 is 4.52 Å². The minimum Gasteiger partial charge on any atom is -0.357 e. The predicted molar refractivity (Wildman–Crippen MR) is 125 cm³/mol. The Labute approximate surface area is 187 Å². The Balaban J connectivity index is 1.15. The fourth-order valence-electron chi connectivity index (χ4n) is 4.78. The van der Waals surface area contributed by atoms with E-state index in [2.05, 4.69) is 69.7 Å². The molecule has 2 aromatic heterocycles. The van der Waals surface area contributed by atoms with Gasteiger partial charge in [-0.05, 0) is 43.4 Å². The highest BCUT2D eigenvalue weighted by Gasteiger charge is 2.27. The first kappa shape index (κ1) is 19.2. The van der Waals surface area contributed by atoms with Crippen LogP contribution in [0.5, 0.6) is 0 Å². The van der Waals surface area contributed by atoms with Crippen molar-refractivity contribution in [1.82, 2.24) is 15.1 Å². The van der Waals surface area contributed by atoms with Crippen molar-refractivity contribution in [3.8, 4) is 0 Å². The number of hydrogen-bond donors (Lipinski definition) is 0. The average Bonchev–Trinajstić information content (AvgIpc) is 3.53. The predicted octanol–water partition coefficient (Wildman–Crippen LogP) is 4.93. The van der Waals surface area contributed by atoms with Crippen LogP contribution in [0.1, 0.15) is 60.0 Å². The third-order valence-electron chi connectivity index (χ3n) is 6.56. The van der Waals surface area contributed by atoms with E-state index in [0.717, 1.165) is 73.9 Å². The van der Waals surface area contributed by atoms with Gasteiger partial charge in [0.1, 0.15) is 5.82 Å². The van der Waals surface area contributed by atoms with E-state index in [9.17, 15) is 0 Å². The zero-order chi connectivity index (χ0) is 21.3. The maximum atomic E-state index is 5.63. The number of fused-ring (bicyclic) bond motifs is 1. The van der Waals surface area contributed by atoms with Crippen LogP contribution in [-0.2, 0) is 6.54 Å². The molecule has 6 rings (SSSR count). The minimum atomic E-state index is 0.301.